The number of ether oxygens (including phenoxy) is 2. The molecular weight excluding hydrogens is 434 g/mol. The molecule has 0 radical (unpaired) electrons. The van der Waals surface area contributed by atoms with Crippen LogP contribution in [0.1, 0.15) is 33.9 Å². The summed E-state index contributed by atoms with van der Waals surface area (Å²) in [6.07, 6.45) is -4.89. The van der Waals surface area contributed by atoms with E-state index in [1.54, 1.807) is 0 Å². The van der Waals surface area contributed by atoms with Gasteiger partial charge in [0.1, 0.15) is 36.3 Å². The fourth-order valence-electron chi connectivity index (χ4n) is 4.11. The Morgan fingerprint density at radius 2 is 1.77 bits per heavy atom. The van der Waals surface area contributed by atoms with E-state index >= 15 is 0 Å². The van der Waals surface area contributed by atoms with Crippen LogP contribution in [0.25, 0.3) is 0 Å². The van der Waals surface area contributed by atoms with Crippen molar-refractivity contribution in [1.82, 2.24) is 0 Å². The highest BCUT2D eigenvalue weighted by molar-refractivity contribution is 6.31. The van der Waals surface area contributed by atoms with E-state index in [2.05, 4.69) is 16.9 Å². The standard InChI is InChI=1S/C22H23ClF2O6/c23-15-8-16(31-22(24)25)14(21-20(29)19(28)18(27)17(9-26)30-21)7-13(15)6-10-1-2-11-3-4-12(11)5-10/h1-2,5,7-8,17-22,26-29H,3-4,6,9H2/t17-,18-,19+,20-,21+/m1/s1. The number of aliphatic hydroxyl groups excluding tert-OH is 4. The van der Waals surface area contributed by atoms with Crippen molar-refractivity contribution in [3.05, 3.63) is 63.2 Å². The van der Waals surface area contributed by atoms with Gasteiger partial charge in [-0.25, -0.2) is 0 Å². The minimum Gasteiger partial charge on any atom is -0.434 e. The van der Waals surface area contributed by atoms with Crippen LogP contribution in [0.4, 0.5) is 8.78 Å². The number of aryl methyl sites for hydroxylation is 2. The predicted molar refractivity (Wildman–Crippen MR) is 107 cm³/mol. The van der Waals surface area contributed by atoms with Crippen LogP contribution in [0.15, 0.2) is 30.3 Å². The van der Waals surface area contributed by atoms with Gasteiger partial charge in [-0.1, -0.05) is 29.8 Å². The second-order valence-corrected chi connectivity index (χ2v) is 8.30. The zero-order valence-electron chi connectivity index (χ0n) is 16.4. The second kappa shape index (κ2) is 8.97. The largest absolute Gasteiger partial charge is 0.434 e. The molecule has 1 fully saturated rings. The number of benzene rings is 2. The molecule has 4 rings (SSSR count). The maximum Gasteiger partial charge on any atom is 0.387 e. The van der Waals surface area contributed by atoms with Crippen LogP contribution in [0, 0.1) is 0 Å². The summed E-state index contributed by atoms with van der Waals surface area (Å²) in [5.74, 6) is -0.315. The van der Waals surface area contributed by atoms with Gasteiger partial charge in [0.05, 0.1) is 6.61 Å². The van der Waals surface area contributed by atoms with E-state index in [0.29, 0.717) is 12.0 Å². The number of fused-ring (bicyclic) bond motifs is 1. The van der Waals surface area contributed by atoms with Crippen molar-refractivity contribution >= 4 is 11.6 Å². The van der Waals surface area contributed by atoms with E-state index in [4.69, 9.17) is 16.3 Å². The zero-order chi connectivity index (χ0) is 22.3. The Labute approximate surface area is 182 Å². The van der Waals surface area contributed by atoms with Gasteiger partial charge in [0.25, 0.3) is 0 Å². The smallest absolute Gasteiger partial charge is 0.387 e. The summed E-state index contributed by atoms with van der Waals surface area (Å²) in [4.78, 5) is 0. The Morgan fingerprint density at radius 3 is 2.39 bits per heavy atom. The molecule has 2 aliphatic rings. The number of rotatable bonds is 6. The molecule has 0 unspecified atom stereocenters. The van der Waals surface area contributed by atoms with Crippen LogP contribution in [-0.4, -0.2) is 58.1 Å². The van der Waals surface area contributed by atoms with Crippen molar-refractivity contribution in [2.24, 2.45) is 0 Å². The highest BCUT2D eigenvalue weighted by atomic mass is 35.5. The summed E-state index contributed by atoms with van der Waals surface area (Å²) in [5.41, 5.74) is 4.19. The van der Waals surface area contributed by atoms with Gasteiger partial charge in [-0.2, -0.15) is 8.78 Å². The van der Waals surface area contributed by atoms with E-state index in [-0.39, 0.29) is 16.3 Å². The van der Waals surface area contributed by atoms with Crippen LogP contribution < -0.4 is 4.74 Å². The molecule has 0 saturated carbocycles. The summed E-state index contributed by atoms with van der Waals surface area (Å²) in [6.45, 7) is -3.79. The van der Waals surface area contributed by atoms with Crippen LogP contribution in [-0.2, 0) is 24.0 Å². The summed E-state index contributed by atoms with van der Waals surface area (Å²) >= 11 is 6.35. The molecule has 2 aromatic carbocycles. The van der Waals surface area contributed by atoms with E-state index in [0.717, 1.165) is 18.4 Å². The highest BCUT2D eigenvalue weighted by Crippen LogP contribution is 2.40. The molecule has 9 heteroatoms. The van der Waals surface area contributed by atoms with Gasteiger partial charge in [-0.05, 0) is 53.6 Å². The van der Waals surface area contributed by atoms with E-state index in [1.165, 1.54) is 23.3 Å². The third-order valence-electron chi connectivity index (χ3n) is 5.92. The van der Waals surface area contributed by atoms with Gasteiger partial charge in [0.15, 0.2) is 0 Å². The van der Waals surface area contributed by atoms with Gasteiger partial charge >= 0.3 is 6.61 Å². The Kier molecular flexibility index (Phi) is 6.48. The number of alkyl halides is 2. The molecule has 168 valence electrons. The van der Waals surface area contributed by atoms with Gasteiger partial charge in [0, 0.05) is 10.6 Å². The first-order chi connectivity index (χ1) is 14.8. The highest BCUT2D eigenvalue weighted by Gasteiger charge is 2.45. The average molecular weight is 457 g/mol. The summed E-state index contributed by atoms with van der Waals surface area (Å²) in [7, 11) is 0. The summed E-state index contributed by atoms with van der Waals surface area (Å²) < 4.78 is 36.2. The van der Waals surface area contributed by atoms with E-state index in [9.17, 15) is 29.2 Å². The summed E-state index contributed by atoms with van der Waals surface area (Å²) in [5, 5.41) is 40.2. The van der Waals surface area contributed by atoms with E-state index in [1.807, 2.05) is 6.07 Å². The molecule has 31 heavy (non-hydrogen) atoms. The molecule has 5 atom stereocenters. The molecule has 4 N–H and O–H groups in total. The molecule has 0 aromatic heterocycles. The Morgan fingerprint density at radius 1 is 1.03 bits per heavy atom. The molecule has 0 bridgehead atoms. The number of aliphatic hydroxyl groups is 4. The fraction of sp³-hybridized carbons (Fsp3) is 0.455. The van der Waals surface area contributed by atoms with Crippen molar-refractivity contribution in [3.8, 4) is 5.75 Å². The molecule has 6 nitrogen and oxygen atoms in total. The van der Waals surface area contributed by atoms with Crippen LogP contribution in [0.2, 0.25) is 5.02 Å². The van der Waals surface area contributed by atoms with Crippen LogP contribution >= 0.6 is 11.6 Å². The molecule has 0 spiro atoms. The molecular formula is C22H23ClF2O6. The molecule has 1 saturated heterocycles. The number of hydrogen-bond donors (Lipinski definition) is 4. The number of hydrogen-bond acceptors (Lipinski definition) is 6. The second-order valence-electron chi connectivity index (χ2n) is 7.89. The predicted octanol–water partition coefficient (Wildman–Crippen LogP) is 2.15. The SMILES string of the molecule is OC[C@H]1O[C@@H](c2cc(Cc3ccc4c(c3)CC4)c(Cl)cc2OC(F)F)[C@H](O)[C@@H](O)[C@@H]1O. The summed E-state index contributed by atoms with van der Waals surface area (Å²) in [6, 6.07) is 8.82. The molecule has 1 aliphatic carbocycles. The average Bonchev–Trinajstić information content (AvgIpc) is 2.70. The third kappa shape index (κ3) is 4.41. The first-order valence-corrected chi connectivity index (χ1v) is 10.3. The minimum absolute atomic E-state index is 0.0422. The van der Waals surface area contributed by atoms with E-state index < -0.39 is 43.7 Å². The fourth-order valence-corrected chi connectivity index (χ4v) is 4.33. The third-order valence-corrected chi connectivity index (χ3v) is 6.27. The lowest BCUT2D eigenvalue weighted by molar-refractivity contribution is -0.232. The first kappa shape index (κ1) is 22.4. The maximum atomic E-state index is 13.0. The Hall–Kier alpha value is -1.81. The van der Waals surface area contributed by atoms with Crippen molar-refractivity contribution < 1.29 is 38.7 Å². The van der Waals surface area contributed by atoms with Gasteiger partial charge in [-0.15, -0.1) is 0 Å². The lowest BCUT2D eigenvalue weighted by Crippen LogP contribution is -2.55. The first-order valence-electron chi connectivity index (χ1n) is 9.96. The van der Waals surface area contributed by atoms with Crippen molar-refractivity contribution in [1.29, 1.82) is 0 Å². The van der Waals surface area contributed by atoms with Crippen molar-refractivity contribution in [3.63, 3.8) is 0 Å². The van der Waals surface area contributed by atoms with Crippen molar-refractivity contribution in [2.75, 3.05) is 6.61 Å². The maximum absolute atomic E-state index is 13.0. The topological polar surface area (TPSA) is 99.4 Å². The normalized spacial score (nSPS) is 27.7. The van der Waals surface area contributed by atoms with Crippen LogP contribution in [0.5, 0.6) is 5.75 Å². The Bertz CT molecular complexity index is 954. The monoisotopic (exact) mass is 456 g/mol. The lowest BCUT2D eigenvalue weighted by atomic mass is 9.86. The van der Waals surface area contributed by atoms with Gasteiger partial charge < -0.3 is 29.9 Å². The van der Waals surface area contributed by atoms with Crippen LogP contribution in [0.3, 0.4) is 0 Å². The Balaban J connectivity index is 1.71. The zero-order valence-corrected chi connectivity index (χ0v) is 17.2. The molecule has 0 amide bonds. The molecule has 1 aliphatic heterocycles. The quantitative estimate of drug-likeness (QED) is 0.531. The lowest BCUT2D eigenvalue weighted by Gasteiger charge is -2.40. The molecule has 2 aromatic rings. The molecule has 1 heterocycles. The van der Waals surface area contributed by atoms with Gasteiger partial charge in [0.2, 0.25) is 0 Å². The number of halogens is 3. The minimum atomic E-state index is -3.15. The van der Waals surface area contributed by atoms with Crippen molar-refractivity contribution in [2.45, 2.75) is 56.4 Å². The van der Waals surface area contributed by atoms with Gasteiger partial charge in [-0.3, -0.25) is 0 Å².